The first-order chi connectivity index (χ1) is 7.47. The lowest BCUT2D eigenvalue weighted by Crippen LogP contribution is -2.49. The monoisotopic (exact) mass is 221 g/mol. The molecule has 16 heavy (non-hydrogen) atoms. The Morgan fingerprint density at radius 2 is 2.19 bits per heavy atom. The zero-order valence-electron chi connectivity index (χ0n) is 10.3. The van der Waals surface area contributed by atoms with E-state index in [9.17, 15) is 4.79 Å². The predicted octanol–water partition coefficient (Wildman–Crippen LogP) is 1.72. The quantitative estimate of drug-likeness (QED) is 0.814. The van der Waals surface area contributed by atoms with Gasteiger partial charge in [-0.05, 0) is 38.9 Å². The lowest BCUT2D eigenvalue weighted by atomic mass is 10.0. The molecule has 1 amide bonds. The molecule has 1 aromatic rings. The van der Waals surface area contributed by atoms with Crippen molar-refractivity contribution >= 4 is 11.6 Å². The molecule has 0 unspecified atom stereocenters. The molecule has 88 valence electrons. The molecule has 0 aromatic carbocycles. The highest BCUT2D eigenvalue weighted by Gasteiger charge is 2.26. The molecule has 1 rings (SSSR count). The van der Waals surface area contributed by atoms with Crippen molar-refractivity contribution in [3.63, 3.8) is 0 Å². The molecule has 1 heterocycles. The van der Waals surface area contributed by atoms with Crippen LogP contribution in [0.3, 0.4) is 0 Å². The van der Waals surface area contributed by atoms with Gasteiger partial charge in [0.1, 0.15) is 0 Å². The zero-order chi connectivity index (χ0) is 12.2. The van der Waals surface area contributed by atoms with Gasteiger partial charge in [0.05, 0.1) is 17.4 Å². The molecule has 0 saturated heterocycles. The highest BCUT2D eigenvalue weighted by atomic mass is 16.2. The van der Waals surface area contributed by atoms with Gasteiger partial charge in [-0.1, -0.05) is 6.92 Å². The van der Waals surface area contributed by atoms with Crippen LogP contribution >= 0.6 is 0 Å². The molecular weight excluding hydrogens is 202 g/mol. The van der Waals surface area contributed by atoms with E-state index in [1.165, 1.54) is 0 Å². The van der Waals surface area contributed by atoms with Gasteiger partial charge in [0, 0.05) is 6.20 Å². The first-order valence-electron chi connectivity index (χ1n) is 5.44. The number of aromatic nitrogens is 1. The Hall–Kier alpha value is -1.42. The molecule has 4 nitrogen and oxygen atoms in total. The number of pyridine rings is 1. The second-order valence-electron chi connectivity index (χ2n) is 4.30. The third kappa shape index (κ3) is 3.03. The average molecular weight is 221 g/mol. The molecule has 0 radical (unpaired) electrons. The van der Waals surface area contributed by atoms with Gasteiger partial charge >= 0.3 is 0 Å². The van der Waals surface area contributed by atoms with E-state index >= 15 is 0 Å². The van der Waals surface area contributed by atoms with Crippen LogP contribution in [0.15, 0.2) is 18.5 Å². The van der Waals surface area contributed by atoms with Crippen molar-refractivity contribution in [2.45, 2.75) is 33.2 Å². The number of rotatable bonds is 4. The van der Waals surface area contributed by atoms with E-state index in [1.54, 1.807) is 12.4 Å². The molecule has 1 aromatic heterocycles. The summed E-state index contributed by atoms with van der Waals surface area (Å²) < 4.78 is 0. The minimum Gasteiger partial charge on any atom is -0.323 e. The first kappa shape index (κ1) is 12.6. The number of anilines is 1. The van der Waals surface area contributed by atoms with Crippen molar-refractivity contribution in [1.29, 1.82) is 0 Å². The smallest absolute Gasteiger partial charge is 0.244 e. The molecule has 4 heteroatoms. The summed E-state index contributed by atoms with van der Waals surface area (Å²) in [5, 5.41) is 6.00. The van der Waals surface area contributed by atoms with E-state index in [-0.39, 0.29) is 5.91 Å². The minimum absolute atomic E-state index is 0.0505. The van der Waals surface area contributed by atoms with Crippen LogP contribution in [0, 0.1) is 6.92 Å². The number of likely N-dealkylation sites (N-methyl/N-ethyl adjacent to an activating group) is 1. The number of hydrogen-bond donors (Lipinski definition) is 2. The average Bonchev–Trinajstić information content (AvgIpc) is 2.21. The summed E-state index contributed by atoms with van der Waals surface area (Å²) in [6.45, 7) is 8.39. The maximum absolute atomic E-state index is 12.0. The highest BCUT2D eigenvalue weighted by molar-refractivity contribution is 5.97. The minimum atomic E-state index is -0.572. The zero-order valence-corrected chi connectivity index (χ0v) is 10.3. The summed E-state index contributed by atoms with van der Waals surface area (Å²) in [5.74, 6) is -0.0505. The summed E-state index contributed by atoms with van der Waals surface area (Å²) in [5.41, 5.74) is 1.20. The third-order valence-electron chi connectivity index (χ3n) is 2.47. The Kier molecular flexibility index (Phi) is 4.01. The Morgan fingerprint density at radius 3 is 2.75 bits per heavy atom. The molecule has 0 aliphatic heterocycles. The fourth-order valence-electron chi connectivity index (χ4n) is 1.40. The number of aryl methyl sites for hydroxylation is 1. The molecule has 0 aliphatic rings. The SMILES string of the molecule is CCNC(C)(C)C(=O)Nc1cnccc1C. The van der Waals surface area contributed by atoms with Crippen LogP contribution in [-0.2, 0) is 4.79 Å². The van der Waals surface area contributed by atoms with Gasteiger partial charge in [0.2, 0.25) is 5.91 Å². The van der Waals surface area contributed by atoms with Gasteiger partial charge in [0.15, 0.2) is 0 Å². The number of hydrogen-bond acceptors (Lipinski definition) is 3. The van der Waals surface area contributed by atoms with E-state index in [4.69, 9.17) is 0 Å². The Labute approximate surface area is 96.5 Å². The predicted molar refractivity (Wildman–Crippen MR) is 65.4 cm³/mol. The summed E-state index contributed by atoms with van der Waals surface area (Å²) in [4.78, 5) is 16.0. The van der Waals surface area contributed by atoms with Crippen LogP contribution in [0.25, 0.3) is 0 Å². The number of nitrogens with one attached hydrogen (secondary N) is 2. The molecular formula is C12H19N3O. The maximum Gasteiger partial charge on any atom is 0.244 e. The van der Waals surface area contributed by atoms with E-state index in [1.807, 2.05) is 33.8 Å². The van der Waals surface area contributed by atoms with Crippen molar-refractivity contribution < 1.29 is 4.79 Å². The number of carbonyl (C=O) groups is 1. The molecule has 0 atom stereocenters. The largest absolute Gasteiger partial charge is 0.323 e. The number of nitrogens with zero attached hydrogens (tertiary/aromatic N) is 1. The number of carbonyl (C=O) groups excluding carboxylic acids is 1. The summed E-state index contributed by atoms with van der Waals surface area (Å²) in [6.07, 6.45) is 3.37. The van der Waals surface area contributed by atoms with Crippen molar-refractivity contribution in [3.05, 3.63) is 24.0 Å². The molecule has 2 N–H and O–H groups in total. The second-order valence-corrected chi connectivity index (χ2v) is 4.30. The standard InChI is InChI=1S/C12H19N3O/c1-5-14-12(3,4)11(16)15-10-8-13-7-6-9(10)2/h6-8,14H,5H2,1-4H3,(H,15,16). The van der Waals surface area contributed by atoms with Crippen molar-refractivity contribution in [2.75, 3.05) is 11.9 Å². The normalized spacial score (nSPS) is 11.2. The summed E-state index contributed by atoms with van der Waals surface area (Å²) in [7, 11) is 0. The molecule has 0 aliphatic carbocycles. The fourth-order valence-corrected chi connectivity index (χ4v) is 1.40. The lowest BCUT2D eigenvalue weighted by molar-refractivity contribution is -0.121. The van der Waals surface area contributed by atoms with Crippen molar-refractivity contribution in [2.24, 2.45) is 0 Å². The lowest BCUT2D eigenvalue weighted by Gasteiger charge is -2.24. The third-order valence-corrected chi connectivity index (χ3v) is 2.47. The Bertz CT molecular complexity index is 374. The Morgan fingerprint density at radius 1 is 1.50 bits per heavy atom. The van der Waals surface area contributed by atoms with Gasteiger partial charge < -0.3 is 10.6 Å². The van der Waals surface area contributed by atoms with Gasteiger partial charge in [-0.25, -0.2) is 0 Å². The number of amides is 1. The van der Waals surface area contributed by atoms with Gasteiger partial charge in [-0.3, -0.25) is 9.78 Å². The van der Waals surface area contributed by atoms with E-state index in [0.717, 1.165) is 17.8 Å². The van der Waals surface area contributed by atoms with Crippen LogP contribution < -0.4 is 10.6 Å². The van der Waals surface area contributed by atoms with Crippen molar-refractivity contribution in [1.82, 2.24) is 10.3 Å². The molecule has 0 spiro atoms. The van der Waals surface area contributed by atoms with Crippen LogP contribution in [-0.4, -0.2) is 23.0 Å². The van der Waals surface area contributed by atoms with Crippen LogP contribution in [0.2, 0.25) is 0 Å². The first-order valence-corrected chi connectivity index (χ1v) is 5.44. The maximum atomic E-state index is 12.0. The molecule has 0 saturated carbocycles. The van der Waals surface area contributed by atoms with Crippen LogP contribution in [0.1, 0.15) is 26.3 Å². The van der Waals surface area contributed by atoms with Crippen molar-refractivity contribution in [3.8, 4) is 0 Å². The van der Waals surface area contributed by atoms with E-state index in [2.05, 4.69) is 15.6 Å². The Balaban J connectivity index is 2.75. The van der Waals surface area contributed by atoms with Gasteiger partial charge in [-0.2, -0.15) is 0 Å². The fraction of sp³-hybridized carbons (Fsp3) is 0.500. The van der Waals surface area contributed by atoms with Gasteiger partial charge in [-0.15, -0.1) is 0 Å². The van der Waals surface area contributed by atoms with Crippen LogP contribution in [0.4, 0.5) is 5.69 Å². The molecule has 0 bridgehead atoms. The van der Waals surface area contributed by atoms with Crippen LogP contribution in [0.5, 0.6) is 0 Å². The van der Waals surface area contributed by atoms with E-state index < -0.39 is 5.54 Å². The molecule has 0 fully saturated rings. The highest BCUT2D eigenvalue weighted by Crippen LogP contribution is 2.14. The second kappa shape index (κ2) is 5.07. The summed E-state index contributed by atoms with van der Waals surface area (Å²) in [6, 6.07) is 1.87. The topological polar surface area (TPSA) is 54.0 Å². The summed E-state index contributed by atoms with van der Waals surface area (Å²) >= 11 is 0. The van der Waals surface area contributed by atoms with E-state index in [0.29, 0.717) is 0 Å². The van der Waals surface area contributed by atoms with Gasteiger partial charge in [0.25, 0.3) is 0 Å².